The maximum absolute atomic E-state index is 5.91. The van der Waals surface area contributed by atoms with Gasteiger partial charge in [0.2, 0.25) is 5.76 Å². The van der Waals surface area contributed by atoms with Gasteiger partial charge in [0, 0.05) is 12.5 Å². The predicted octanol–water partition coefficient (Wildman–Crippen LogP) is 3.83. The number of nitrogens with zero attached hydrogens (tertiary/aromatic N) is 3. The van der Waals surface area contributed by atoms with E-state index in [1.54, 1.807) is 0 Å². The molecule has 1 aliphatic carbocycles. The van der Waals surface area contributed by atoms with Crippen LogP contribution >= 0.6 is 0 Å². The maximum Gasteiger partial charge on any atom is 0.295 e. The molecule has 2 atom stereocenters. The minimum Gasteiger partial charge on any atom is -0.435 e. The van der Waals surface area contributed by atoms with Crippen LogP contribution in [0.2, 0.25) is 0 Å². The van der Waals surface area contributed by atoms with Crippen molar-refractivity contribution in [3.63, 3.8) is 0 Å². The van der Waals surface area contributed by atoms with Gasteiger partial charge in [0.05, 0.1) is 17.7 Å². The van der Waals surface area contributed by atoms with Gasteiger partial charge in [-0.15, -0.1) is 0 Å². The highest BCUT2D eigenvalue weighted by Gasteiger charge is 2.41. The Morgan fingerprint density at radius 3 is 2.57 bits per heavy atom. The first-order chi connectivity index (χ1) is 10.9. The van der Waals surface area contributed by atoms with Crippen molar-refractivity contribution in [1.29, 1.82) is 0 Å². The Bertz CT molecular complexity index is 709. The summed E-state index contributed by atoms with van der Waals surface area (Å²) < 4.78 is 17.2. The van der Waals surface area contributed by atoms with Crippen molar-refractivity contribution in [3.05, 3.63) is 17.4 Å². The third kappa shape index (κ3) is 2.69. The lowest BCUT2D eigenvalue weighted by atomic mass is 9.81. The first-order valence-corrected chi connectivity index (χ1v) is 8.36. The van der Waals surface area contributed by atoms with Gasteiger partial charge in [-0.1, -0.05) is 25.9 Å². The second kappa shape index (κ2) is 5.16. The molecule has 2 aliphatic rings. The summed E-state index contributed by atoms with van der Waals surface area (Å²) in [5.41, 5.74) is 0.862. The summed E-state index contributed by atoms with van der Waals surface area (Å²) in [4.78, 5) is 9.08. The molecule has 0 N–H and O–H groups in total. The van der Waals surface area contributed by atoms with E-state index in [2.05, 4.69) is 35.9 Å². The molecule has 2 fully saturated rings. The quantitative estimate of drug-likeness (QED) is 0.856. The Balaban J connectivity index is 1.61. The number of oxazole rings is 1. The van der Waals surface area contributed by atoms with Crippen molar-refractivity contribution in [2.45, 2.75) is 64.9 Å². The molecule has 0 bridgehead atoms. The summed E-state index contributed by atoms with van der Waals surface area (Å²) in [7, 11) is 0. The molecular weight excluding hydrogens is 294 g/mol. The Morgan fingerprint density at radius 2 is 1.87 bits per heavy atom. The molecule has 124 valence electrons. The van der Waals surface area contributed by atoms with Crippen LogP contribution in [0.3, 0.4) is 0 Å². The molecule has 0 radical (unpaired) electrons. The van der Waals surface area contributed by atoms with Crippen LogP contribution in [0.5, 0.6) is 0 Å². The van der Waals surface area contributed by atoms with Gasteiger partial charge in [-0.05, 0) is 31.6 Å². The number of hydrogen-bond acceptors (Lipinski definition) is 6. The molecule has 0 spiro atoms. The van der Waals surface area contributed by atoms with Gasteiger partial charge in [-0.2, -0.15) is 4.98 Å². The second-order valence-electron chi connectivity index (χ2n) is 7.75. The average Bonchev–Trinajstić information content (AvgIpc) is 2.91. The van der Waals surface area contributed by atoms with E-state index in [-0.39, 0.29) is 17.4 Å². The van der Waals surface area contributed by atoms with Crippen molar-refractivity contribution in [3.8, 4) is 11.7 Å². The Kier molecular flexibility index (Phi) is 3.34. The van der Waals surface area contributed by atoms with E-state index in [4.69, 9.17) is 13.7 Å². The standard InChI is InChI=1S/C17H23N3O3/c1-9-12(22-15(18-9)10-5-6-10)16-19-14(20-23-16)11-7-8-21-13(11)17(2,3)4/h10-11,13H,5-8H2,1-4H3/t11-,13-/m0/s1. The summed E-state index contributed by atoms with van der Waals surface area (Å²) in [6.07, 6.45) is 3.33. The fourth-order valence-electron chi connectivity index (χ4n) is 3.31. The fourth-order valence-corrected chi connectivity index (χ4v) is 3.31. The summed E-state index contributed by atoms with van der Waals surface area (Å²) in [6, 6.07) is 0. The third-order valence-corrected chi connectivity index (χ3v) is 4.65. The zero-order valence-corrected chi connectivity index (χ0v) is 14.1. The van der Waals surface area contributed by atoms with Crippen LogP contribution in [0.15, 0.2) is 8.94 Å². The predicted molar refractivity (Wildman–Crippen MR) is 83.1 cm³/mol. The molecule has 1 saturated heterocycles. The largest absolute Gasteiger partial charge is 0.435 e. The summed E-state index contributed by atoms with van der Waals surface area (Å²) >= 11 is 0. The first-order valence-electron chi connectivity index (χ1n) is 8.36. The Morgan fingerprint density at radius 1 is 1.09 bits per heavy atom. The van der Waals surface area contributed by atoms with E-state index in [1.165, 1.54) is 0 Å². The van der Waals surface area contributed by atoms with Gasteiger partial charge in [0.1, 0.15) is 0 Å². The van der Waals surface area contributed by atoms with E-state index in [9.17, 15) is 0 Å². The highest BCUT2D eigenvalue weighted by Crippen LogP contribution is 2.42. The van der Waals surface area contributed by atoms with Crippen LogP contribution in [0.4, 0.5) is 0 Å². The zero-order valence-electron chi connectivity index (χ0n) is 14.1. The fraction of sp³-hybridized carbons (Fsp3) is 0.706. The highest BCUT2D eigenvalue weighted by atomic mass is 16.5. The molecule has 3 heterocycles. The number of rotatable bonds is 3. The molecule has 6 heteroatoms. The normalized spacial score (nSPS) is 25.2. The van der Waals surface area contributed by atoms with Crippen LogP contribution in [-0.4, -0.2) is 27.8 Å². The lowest BCUT2D eigenvalue weighted by molar-refractivity contribution is 0.0193. The number of aryl methyl sites for hydroxylation is 1. The molecule has 0 unspecified atom stereocenters. The SMILES string of the molecule is Cc1nc(C2CC2)oc1-c1nc([C@H]2CCO[C@@H]2C(C)(C)C)no1. The minimum absolute atomic E-state index is 0.0449. The second-order valence-corrected chi connectivity index (χ2v) is 7.75. The van der Waals surface area contributed by atoms with Crippen LogP contribution in [-0.2, 0) is 4.74 Å². The molecule has 0 aromatic carbocycles. The van der Waals surface area contributed by atoms with E-state index < -0.39 is 0 Å². The van der Waals surface area contributed by atoms with Crippen molar-refractivity contribution in [1.82, 2.24) is 15.1 Å². The van der Waals surface area contributed by atoms with E-state index in [0.717, 1.165) is 37.5 Å². The highest BCUT2D eigenvalue weighted by molar-refractivity contribution is 5.47. The lowest BCUT2D eigenvalue weighted by Gasteiger charge is -2.29. The molecule has 2 aromatic heterocycles. The minimum atomic E-state index is 0.0449. The summed E-state index contributed by atoms with van der Waals surface area (Å²) in [5, 5.41) is 4.20. The zero-order chi connectivity index (χ0) is 16.2. The van der Waals surface area contributed by atoms with Gasteiger partial charge >= 0.3 is 0 Å². The molecule has 23 heavy (non-hydrogen) atoms. The van der Waals surface area contributed by atoms with E-state index >= 15 is 0 Å². The maximum atomic E-state index is 5.91. The van der Waals surface area contributed by atoms with Gasteiger partial charge < -0.3 is 13.7 Å². The molecule has 4 rings (SSSR count). The first kappa shape index (κ1) is 14.9. The monoisotopic (exact) mass is 317 g/mol. The van der Waals surface area contributed by atoms with Gasteiger partial charge in [-0.3, -0.25) is 0 Å². The summed E-state index contributed by atoms with van der Waals surface area (Å²) in [6.45, 7) is 9.20. The van der Waals surface area contributed by atoms with Crippen molar-refractivity contribution < 1.29 is 13.7 Å². The van der Waals surface area contributed by atoms with Crippen LogP contribution in [0.25, 0.3) is 11.7 Å². The van der Waals surface area contributed by atoms with E-state index in [0.29, 0.717) is 23.4 Å². The third-order valence-electron chi connectivity index (χ3n) is 4.65. The molecule has 1 saturated carbocycles. The van der Waals surface area contributed by atoms with Gasteiger partial charge in [-0.25, -0.2) is 4.98 Å². The topological polar surface area (TPSA) is 74.2 Å². The molecule has 1 aliphatic heterocycles. The Hall–Kier alpha value is -1.69. The average molecular weight is 317 g/mol. The van der Waals surface area contributed by atoms with Gasteiger partial charge in [0.15, 0.2) is 11.7 Å². The lowest BCUT2D eigenvalue weighted by Crippen LogP contribution is -2.30. The van der Waals surface area contributed by atoms with Crippen molar-refractivity contribution >= 4 is 0 Å². The number of hydrogen-bond donors (Lipinski definition) is 0. The van der Waals surface area contributed by atoms with Crippen molar-refractivity contribution in [2.75, 3.05) is 6.61 Å². The summed E-state index contributed by atoms with van der Waals surface area (Å²) in [5.74, 6) is 3.18. The molecular formula is C17H23N3O3. The number of ether oxygens (including phenoxy) is 1. The molecule has 2 aromatic rings. The van der Waals surface area contributed by atoms with Crippen LogP contribution in [0.1, 0.15) is 69.3 Å². The molecule has 6 nitrogen and oxygen atoms in total. The number of aromatic nitrogens is 3. The van der Waals surface area contributed by atoms with E-state index in [1.807, 2.05) is 6.92 Å². The van der Waals surface area contributed by atoms with Crippen LogP contribution in [0, 0.1) is 12.3 Å². The Labute approximate surface area is 135 Å². The van der Waals surface area contributed by atoms with Crippen molar-refractivity contribution in [2.24, 2.45) is 5.41 Å². The molecule has 0 amide bonds. The smallest absolute Gasteiger partial charge is 0.295 e. The van der Waals surface area contributed by atoms with Gasteiger partial charge in [0.25, 0.3) is 5.89 Å². The van der Waals surface area contributed by atoms with Crippen LogP contribution < -0.4 is 0 Å².